The predicted octanol–water partition coefficient (Wildman–Crippen LogP) is 5.77. The Morgan fingerprint density at radius 3 is 2.43 bits per heavy atom. The van der Waals surface area contributed by atoms with E-state index in [9.17, 15) is 10.1 Å². The molecule has 8 heteroatoms. The first kappa shape index (κ1) is 25.2. The van der Waals surface area contributed by atoms with Crippen LogP contribution in [0.3, 0.4) is 0 Å². The number of hydrogen-bond acceptors (Lipinski definition) is 6. The second-order valence-electron chi connectivity index (χ2n) is 7.13. The number of amides is 1. The molecule has 0 heterocycles. The molecule has 0 aliphatic rings. The summed E-state index contributed by atoms with van der Waals surface area (Å²) >= 11 is 6.28. The smallest absolute Gasteiger partial charge is 0.266 e. The molecule has 0 saturated heterocycles. The van der Waals surface area contributed by atoms with Crippen LogP contribution in [-0.4, -0.2) is 19.1 Å². The minimum absolute atomic E-state index is 0.126. The highest BCUT2D eigenvalue weighted by Gasteiger charge is 2.15. The molecule has 3 aromatic rings. The Kier molecular flexibility index (Phi) is 9.13. The van der Waals surface area contributed by atoms with Gasteiger partial charge in [0.1, 0.15) is 30.1 Å². The van der Waals surface area contributed by atoms with Crippen LogP contribution in [0.25, 0.3) is 6.08 Å². The molecule has 35 heavy (non-hydrogen) atoms. The Labute approximate surface area is 208 Å². The molecule has 0 aliphatic carbocycles. The van der Waals surface area contributed by atoms with Crippen LogP contribution in [0.2, 0.25) is 5.02 Å². The Balaban J connectivity index is 1.70. The van der Waals surface area contributed by atoms with Crippen molar-refractivity contribution in [3.8, 4) is 29.4 Å². The Hall–Kier alpha value is -4.46. The van der Waals surface area contributed by atoms with Gasteiger partial charge in [-0.3, -0.25) is 4.79 Å². The summed E-state index contributed by atoms with van der Waals surface area (Å²) in [6, 6.07) is 23.5. The van der Waals surface area contributed by atoms with Crippen molar-refractivity contribution < 1.29 is 19.0 Å². The number of halogens is 1. The largest absolute Gasteiger partial charge is 0.490 e. The van der Waals surface area contributed by atoms with Gasteiger partial charge in [-0.1, -0.05) is 41.9 Å². The first-order valence-electron chi connectivity index (χ1n) is 10.7. The topological polar surface area (TPSA) is 104 Å². The quantitative estimate of drug-likeness (QED) is 0.287. The highest BCUT2D eigenvalue weighted by Crippen LogP contribution is 2.37. The molecule has 0 atom stereocenters. The standard InChI is InChI=1S/C27H22ClN3O4/c1-2-33-25-16-20(15-24(28)26(25)34-13-12-29)14-21(17-30)27(32)31-22-8-10-23(11-9-22)35-18-19-6-4-3-5-7-19/h3-11,14-16H,2,13,18H2,1H3,(H,31,32)/b21-14+. The molecule has 0 fully saturated rings. The fourth-order valence-corrected chi connectivity index (χ4v) is 3.34. The summed E-state index contributed by atoms with van der Waals surface area (Å²) in [6.45, 7) is 2.36. The molecule has 1 N–H and O–H groups in total. The molecule has 0 spiro atoms. The van der Waals surface area contributed by atoms with Crippen LogP contribution in [0.4, 0.5) is 5.69 Å². The number of carbonyl (C=O) groups is 1. The van der Waals surface area contributed by atoms with Gasteiger partial charge in [0, 0.05) is 5.69 Å². The van der Waals surface area contributed by atoms with E-state index in [1.54, 1.807) is 37.3 Å². The molecule has 1 amide bonds. The van der Waals surface area contributed by atoms with Crippen LogP contribution < -0.4 is 19.5 Å². The summed E-state index contributed by atoms with van der Waals surface area (Å²) in [5.41, 5.74) is 1.90. The normalized spacial score (nSPS) is 10.6. The van der Waals surface area contributed by atoms with Crippen molar-refractivity contribution in [2.24, 2.45) is 0 Å². The van der Waals surface area contributed by atoms with E-state index in [4.69, 9.17) is 31.1 Å². The third-order valence-corrected chi connectivity index (χ3v) is 4.93. The lowest BCUT2D eigenvalue weighted by molar-refractivity contribution is -0.112. The molecule has 0 radical (unpaired) electrons. The average Bonchev–Trinajstić information content (AvgIpc) is 2.87. The van der Waals surface area contributed by atoms with Crippen molar-refractivity contribution in [2.75, 3.05) is 18.5 Å². The zero-order valence-corrected chi connectivity index (χ0v) is 19.7. The maximum Gasteiger partial charge on any atom is 0.266 e. The van der Waals surface area contributed by atoms with Gasteiger partial charge in [0.25, 0.3) is 5.91 Å². The van der Waals surface area contributed by atoms with Gasteiger partial charge in [-0.05, 0) is 60.5 Å². The van der Waals surface area contributed by atoms with Crippen molar-refractivity contribution >= 4 is 29.3 Å². The predicted molar refractivity (Wildman–Crippen MR) is 133 cm³/mol. The Morgan fingerprint density at radius 1 is 1.03 bits per heavy atom. The van der Waals surface area contributed by atoms with Gasteiger partial charge in [0.2, 0.25) is 0 Å². The monoisotopic (exact) mass is 487 g/mol. The Morgan fingerprint density at radius 2 is 1.77 bits per heavy atom. The van der Waals surface area contributed by atoms with Crippen LogP contribution in [0.1, 0.15) is 18.1 Å². The fourth-order valence-electron chi connectivity index (χ4n) is 3.07. The van der Waals surface area contributed by atoms with Gasteiger partial charge in [0.05, 0.1) is 11.6 Å². The van der Waals surface area contributed by atoms with Crippen molar-refractivity contribution in [3.63, 3.8) is 0 Å². The van der Waals surface area contributed by atoms with Crippen LogP contribution >= 0.6 is 11.6 Å². The summed E-state index contributed by atoms with van der Waals surface area (Å²) in [5, 5.41) is 21.2. The second kappa shape index (κ2) is 12.7. The van der Waals surface area contributed by atoms with Gasteiger partial charge in [-0.15, -0.1) is 0 Å². The number of nitrogens with zero attached hydrogens (tertiary/aromatic N) is 2. The molecule has 3 rings (SSSR count). The first-order chi connectivity index (χ1) is 17.0. The number of ether oxygens (including phenoxy) is 3. The van der Waals surface area contributed by atoms with E-state index in [1.807, 2.05) is 42.5 Å². The van der Waals surface area contributed by atoms with Gasteiger partial charge in [-0.25, -0.2) is 0 Å². The molecule has 0 unspecified atom stereocenters. The number of nitrogens with one attached hydrogen (secondary N) is 1. The van der Waals surface area contributed by atoms with Crippen molar-refractivity contribution in [1.29, 1.82) is 10.5 Å². The number of benzene rings is 3. The van der Waals surface area contributed by atoms with E-state index in [0.717, 1.165) is 5.56 Å². The van der Waals surface area contributed by atoms with E-state index in [2.05, 4.69) is 5.32 Å². The molecule has 0 bridgehead atoms. The van der Waals surface area contributed by atoms with E-state index >= 15 is 0 Å². The summed E-state index contributed by atoms with van der Waals surface area (Å²) in [7, 11) is 0. The average molecular weight is 488 g/mol. The summed E-state index contributed by atoms with van der Waals surface area (Å²) < 4.78 is 16.6. The van der Waals surface area contributed by atoms with Crippen molar-refractivity contribution in [3.05, 3.63) is 88.5 Å². The molecule has 0 aromatic heterocycles. The first-order valence-corrected chi connectivity index (χ1v) is 11.1. The molecule has 0 aliphatic heterocycles. The second-order valence-corrected chi connectivity index (χ2v) is 7.54. The third kappa shape index (κ3) is 7.26. The number of rotatable bonds is 10. The molecule has 176 valence electrons. The minimum Gasteiger partial charge on any atom is -0.490 e. The highest BCUT2D eigenvalue weighted by molar-refractivity contribution is 6.32. The molecule has 7 nitrogen and oxygen atoms in total. The van der Waals surface area contributed by atoms with E-state index in [-0.39, 0.29) is 23.0 Å². The van der Waals surface area contributed by atoms with Gasteiger partial charge < -0.3 is 19.5 Å². The number of nitriles is 2. The molecule has 3 aromatic carbocycles. The van der Waals surface area contributed by atoms with E-state index < -0.39 is 5.91 Å². The Bertz CT molecular complexity index is 1280. The molecular weight excluding hydrogens is 466 g/mol. The van der Waals surface area contributed by atoms with Crippen LogP contribution in [-0.2, 0) is 11.4 Å². The van der Waals surface area contributed by atoms with E-state index in [0.29, 0.717) is 36.0 Å². The molecule has 0 saturated carbocycles. The molecular formula is C27H22ClN3O4. The van der Waals surface area contributed by atoms with Crippen LogP contribution in [0.15, 0.2) is 72.3 Å². The van der Waals surface area contributed by atoms with Gasteiger partial charge in [0.15, 0.2) is 18.1 Å². The van der Waals surface area contributed by atoms with Gasteiger partial charge in [-0.2, -0.15) is 10.5 Å². The van der Waals surface area contributed by atoms with Crippen molar-refractivity contribution in [1.82, 2.24) is 0 Å². The zero-order valence-electron chi connectivity index (χ0n) is 19.0. The SMILES string of the molecule is CCOc1cc(/C=C(\C#N)C(=O)Nc2ccc(OCc3ccccc3)cc2)cc(Cl)c1OCC#N. The van der Waals surface area contributed by atoms with E-state index in [1.165, 1.54) is 12.1 Å². The lowest BCUT2D eigenvalue weighted by Crippen LogP contribution is -2.13. The summed E-state index contributed by atoms with van der Waals surface area (Å²) in [5.74, 6) is 0.610. The number of anilines is 1. The lowest BCUT2D eigenvalue weighted by atomic mass is 10.1. The van der Waals surface area contributed by atoms with Crippen LogP contribution in [0.5, 0.6) is 17.2 Å². The maximum absolute atomic E-state index is 12.7. The zero-order chi connectivity index (χ0) is 25.0. The minimum atomic E-state index is -0.579. The highest BCUT2D eigenvalue weighted by atomic mass is 35.5. The third-order valence-electron chi connectivity index (χ3n) is 4.65. The lowest BCUT2D eigenvalue weighted by Gasteiger charge is -2.13. The van der Waals surface area contributed by atoms with Crippen LogP contribution in [0, 0.1) is 22.7 Å². The maximum atomic E-state index is 12.7. The fraction of sp³-hybridized carbons (Fsp3) is 0.148. The number of hydrogen-bond donors (Lipinski definition) is 1. The summed E-state index contributed by atoms with van der Waals surface area (Å²) in [6.07, 6.45) is 1.40. The number of carbonyl (C=O) groups excluding carboxylic acids is 1. The van der Waals surface area contributed by atoms with Gasteiger partial charge >= 0.3 is 0 Å². The summed E-state index contributed by atoms with van der Waals surface area (Å²) in [4.78, 5) is 12.7. The van der Waals surface area contributed by atoms with Crippen molar-refractivity contribution in [2.45, 2.75) is 13.5 Å².